The van der Waals surface area contributed by atoms with Gasteiger partial charge in [-0.15, -0.1) is 0 Å². The fraction of sp³-hybridized carbons (Fsp3) is 0.286. The van der Waals surface area contributed by atoms with Gasteiger partial charge in [-0.3, -0.25) is 14.4 Å². The Hall–Kier alpha value is -2.79. The summed E-state index contributed by atoms with van der Waals surface area (Å²) in [5.74, 6) is -0.592. The topological polar surface area (TPSA) is 84.6 Å². The summed E-state index contributed by atoms with van der Waals surface area (Å²) in [5, 5.41) is 9.37. The van der Waals surface area contributed by atoms with E-state index in [1.165, 1.54) is 6.07 Å². The number of aliphatic hydroxyl groups excluding tert-OH is 1. The Morgan fingerprint density at radius 1 is 1.12 bits per heavy atom. The van der Waals surface area contributed by atoms with Crippen LogP contribution in [0.2, 0.25) is 0 Å². The van der Waals surface area contributed by atoms with Gasteiger partial charge in [0.2, 0.25) is 5.78 Å². The molecule has 0 spiro atoms. The van der Waals surface area contributed by atoms with E-state index in [2.05, 4.69) is 6.92 Å². The SMILES string of the molecule is CC12CCCc3coc(c31)C(=O)c1cc3c(cc12)C(=O)C(CO)=CC3=O. The number of hydrogen-bond donors (Lipinski definition) is 1. The number of furan rings is 1. The summed E-state index contributed by atoms with van der Waals surface area (Å²) in [6, 6.07) is 3.22. The van der Waals surface area contributed by atoms with Gasteiger partial charge in [0.05, 0.1) is 12.9 Å². The quantitative estimate of drug-likeness (QED) is 0.857. The van der Waals surface area contributed by atoms with Crippen molar-refractivity contribution in [3.8, 4) is 0 Å². The molecule has 0 aliphatic heterocycles. The molecule has 0 bridgehead atoms. The van der Waals surface area contributed by atoms with E-state index in [1.807, 2.05) is 0 Å². The fourth-order valence-electron chi connectivity index (χ4n) is 4.73. The summed E-state index contributed by atoms with van der Waals surface area (Å²) < 4.78 is 5.60. The second-order valence-corrected chi connectivity index (χ2v) is 7.44. The van der Waals surface area contributed by atoms with Gasteiger partial charge in [-0.05, 0) is 48.6 Å². The Kier molecular flexibility index (Phi) is 2.91. The maximum Gasteiger partial charge on any atom is 0.228 e. The third-order valence-electron chi connectivity index (χ3n) is 6.02. The first-order valence-electron chi connectivity index (χ1n) is 8.70. The zero-order valence-corrected chi connectivity index (χ0v) is 14.2. The number of aryl methyl sites for hydroxylation is 1. The lowest BCUT2D eigenvalue weighted by Crippen LogP contribution is -2.36. The molecule has 1 unspecified atom stereocenters. The molecule has 0 saturated heterocycles. The molecule has 1 atom stereocenters. The molecule has 1 aromatic heterocycles. The van der Waals surface area contributed by atoms with Crippen molar-refractivity contribution in [1.82, 2.24) is 0 Å². The van der Waals surface area contributed by atoms with E-state index in [1.54, 1.807) is 12.3 Å². The third-order valence-corrected chi connectivity index (χ3v) is 6.02. The van der Waals surface area contributed by atoms with Gasteiger partial charge in [-0.1, -0.05) is 6.92 Å². The molecule has 0 saturated carbocycles. The summed E-state index contributed by atoms with van der Waals surface area (Å²) in [5.41, 5.74) is 3.33. The average molecular weight is 348 g/mol. The van der Waals surface area contributed by atoms with Crippen molar-refractivity contribution in [2.45, 2.75) is 31.6 Å². The highest BCUT2D eigenvalue weighted by Gasteiger charge is 2.46. The Morgan fingerprint density at radius 2 is 1.92 bits per heavy atom. The molecule has 130 valence electrons. The van der Waals surface area contributed by atoms with E-state index in [4.69, 9.17) is 4.42 Å². The summed E-state index contributed by atoms with van der Waals surface area (Å²) in [6.07, 6.45) is 5.49. The van der Waals surface area contributed by atoms with E-state index in [0.717, 1.165) is 42.0 Å². The maximum atomic E-state index is 13.0. The molecule has 5 rings (SSSR count). The van der Waals surface area contributed by atoms with Crippen LogP contribution in [0.15, 0.2) is 34.5 Å². The number of carbonyl (C=O) groups is 3. The van der Waals surface area contributed by atoms with Crippen molar-refractivity contribution < 1.29 is 23.9 Å². The Balaban J connectivity index is 1.81. The lowest BCUT2D eigenvalue weighted by atomic mass is 9.62. The van der Waals surface area contributed by atoms with Crippen molar-refractivity contribution in [2.75, 3.05) is 6.61 Å². The van der Waals surface area contributed by atoms with Crippen LogP contribution in [0.3, 0.4) is 0 Å². The summed E-state index contributed by atoms with van der Waals surface area (Å²) >= 11 is 0. The van der Waals surface area contributed by atoms with Crippen LogP contribution in [0.25, 0.3) is 0 Å². The highest BCUT2D eigenvalue weighted by Crippen LogP contribution is 2.50. The smallest absolute Gasteiger partial charge is 0.228 e. The monoisotopic (exact) mass is 348 g/mol. The van der Waals surface area contributed by atoms with E-state index in [-0.39, 0.29) is 34.0 Å². The molecule has 1 N–H and O–H groups in total. The number of hydrogen-bond acceptors (Lipinski definition) is 5. The van der Waals surface area contributed by atoms with Crippen molar-refractivity contribution in [3.63, 3.8) is 0 Å². The van der Waals surface area contributed by atoms with Crippen LogP contribution in [0.4, 0.5) is 0 Å². The van der Waals surface area contributed by atoms with Gasteiger partial charge in [-0.2, -0.15) is 0 Å². The van der Waals surface area contributed by atoms with Gasteiger partial charge < -0.3 is 9.52 Å². The number of aliphatic hydroxyl groups is 1. The Morgan fingerprint density at radius 3 is 2.69 bits per heavy atom. The Bertz CT molecular complexity index is 1070. The minimum Gasteiger partial charge on any atom is -0.460 e. The van der Waals surface area contributed by atoms with E-state index in [9.17, 15) is 19.5 Å². The first kappa shape index (κ1) is 15.5. The highest BCUT2D eigenvalue weighted by atomic mass is 16.3. The van der Waals surface area contributed by atoms with Crippen molar-refractivity contribution in [1.29, 1.82) is 0 Å². The van der Waals surface area contributed by atoms with Crippen LogP contribution < -0.4 is 0 Å². The molecule has 1 aromatic carbocycles. The largest absolute Gasteiger partial charge is 0.460 e. The second kappa shape index (κ2) is 4.89. The summed E-state index contributed by atoms with van der Waals surface area (Å²) in [6.45, 7) is 1.59. The molecule has 1 heterocycles. The van der Waals surface area contributed by atoms with Crippen LogP contribution >= 0.6 is 0 Å². The minimum absolute atomic E-state index is 0.0862. The molecule has 0 radical (unpaired) electrons. The van der Waals surface area contributed by atoms with E-state index in [0.29, 0.717) is 11.3 Å². The lowest BCUT2D eigenvalue weighted by molar-refractivity contribution is 0.0969. The molecular weight excluding hydrogens is 332 g/mol. The van der Waals surface area contributed by atoms with Crippen molar-refractivity contribution in [3.05, 3.63) is 69.2 Å². The standard InChI is InChI=1S/C21H16O5/c1-21-4-2-3-10-9-26-20(17(10)21)19(25)14-6-12-13(7-15(14)21)18(24)11(8-22)5-16(12)23/h5-7,9,22H,2-4,8H2,1H3. The van der Waals surface area contributed by atoms with E-state index < -0.39 is 12.0 Å². The van der Waals surface area contributed by atoms with Crippen molar-refractivity contribution >= 4 is 17.3 Å². The number of ketones is 3. The summed E-state index contributed by atoms with van der Waals surface area (Å²) in [7, 11) is 0. The lowest BCUT2D eigenvalue weighted by Gasteiger charge is -2.39. The zero-order valence-electron chi connectivity index (χ0n) is 14.2. The number of carbonyl (C=O) groups excluding carboxylic acids is 3. The number of rotatable bonds is 1. The highest BCUT2D eigenvalue weighted by molar-refractivity contribution is 6.26. The number of Topliss-reactive ketones (excluding diaryl/α,β-unsaturated/α-hetero) is 1. The van der Waals surface area contributed by atoms with Crippen LogP contribution in [-0.4, -0.2) is 29.1 Å². The van der Waals surface area contributed by atoms with Gasteiger partial charge in [-0.25, -0.2) is 0 Å². The van der Waals surface area contributed by atoms with Gasteiger partial charge in [0.25, 0.3) is 0 Å². The molecule has 0 fully saturated rings. The van der Waals surface area contributed by atoms with Gasteiger partial charge in [0.15, 0.2) is 17.3 Å². The fourth-order valence-corrected chi connectivity index (χ4v) is 4.73. The Labute approximate surface area is 149 Å². The number of fused-ring (bicyclic) bond motifs is 3. The molecule has 3 aliphatic rings. The normalized spacial score (nSPS) is 23.3. The predicted octanol–water partition coefficient (Wildman–Crippen LogP) is 2.76. The summed E-state index contributed by atoms with van der Waals surface area (Å²) in [4.78, 5) is 38.1. The number of allylic oxidation sites excluding steroid dienone is 1. The van der Waals surface area contributed by atoms with E-state index >= 15 is 0 Å². The molecule has 3 aliphatic carbocycles. The van der Waals surface area contributed by atoms with Crippen molar-refractivity contribution in [2.24, 2.45) is 0 Å². The third kappa shape index (κ3) is 1.71. The van der Waals surface area contributed by atoms with Crippen LogP contribution in [-0.2, 0) is 11.8 Å². The second-order valence-electron chi connectivity index (χ2n) is 7.44. The van der Waals surface area contributed by atoms with Gasteiger partial charge in [0.1, 0.15) is 0 Å². The zero-order chi connectivity index (χ0) is 18.2. The number of benzene rings is 1. The molecule has 2 aromatic rings. The maximum absolute atomic E-state index is 13.0. The first-order chi connectivity index (χ1) is 12.5. The van der Waals surface area contributed by atoms with Gasteiger partial charge in [0, 0.05) is 33.2 Å². The molecule has 5 heteroatoms. The molecule has 5 nitrogen and oxygen atoms in total. The molecular formula is C21H16O5. The predicted molar refractivity (Wildman–Crippen MR) is 91.8 cm³/mol. The van der Waals surface area contributed by atoms with Gasteiger partial charge >= 0.3 is 0 Å². The molecule has 26 heavy (non-hydrogen) atoms. The van der Waals surface area contributed by atoms with Crippen LogP contribution in [0, 0.1) is 0 Å². The molecule has 0 amide bonds. The first-order valence-corrected chi connectivity index (χ1v) is 8.70. The average Bonchev–Trinajstić information content (AvgIpc) is 3.08. The minimum atomic E-state index is -0.479. The van der Waals surface area contributed by atoms with Crippen LogP contribution in [0.5, 0.6) is 0 Å². The van der Waals surface area contributed by atoms with Crippen LogP contribution in [0.1, 0.15) is 73.3 Å².